The number of hydrogen-bond donors (Lipinski definition) is 2. The monoisotopic (exact) mass is 452 g/mol. The molecule has 1 aliphatic heterocycles. The second-order valence-electron chi connectivity index (χ2n) is 6.66. The van der Waals surface area contributed by atoms with E-state index < -0.39 is 5.97 Å². The van der Waals surface area contributed by atoms with Gasteiger partial charge >= 0.3 is 5.97 Å². The molecular weight excluding hydrogens is 432 g/mol. The number of rotatable bonds is 8. The number of nitrogens with one attached hydrogen (secondary N) is 1. The van der Waals surface area contributed by atoms with Crippen LogP contribution in [0.25, 0.3) is 6.08 Å². The van der Waals surface area contributed by atoms with Gasteiger partial charge in [0.25, 0.3) is 5.91 Å². The Morgan fingerprint density at radius 3 is 2.65 bits per heavy atom. The fraction of sp³-hybridized carbons (Fsp3) is 0.130. The molecule has 1 heterocycles. The highest BCUT2D eigenvalue weighted by Gasteiger charge is 2.31. The van der Waals surface area contributed by atoms with Crippen LogP contribution in [0.1, 0.15) is 28.8 Å². The number of nitrogens with zero attached hydrogens (tertiary/aromatic N) is 1. The molecule has 2 amide bonds. The molecule has 2 N–H and O–H groups in total. The van der Waals surface area contributed by atoms with Crippen molar-refractivity contribution in [3.8, 4) is 0 Å². The predicted molar refractivity (Wildman–Crippen MR) is 127 cm³/mol. The van der Waals surface area contributed by atoms with Crippen LogP contribution in [-0.4, -0.2) is 38.7 Å². The van der Waals surface area contributed by atoms with Gasteiger partial charge in [0.1, 0.15) is 4.32 Å². The minimum atomic E-state index is -1.06. The van der Waals surface area contributed by atoms with E-state index in [4.69, 9.17) is 17.3 Å². The van der Waals surface area contributed by atoms with E-state index in [2.05, 4.69) is 5.32 Å². The zero-order valence-corrected chi connectivity index (χ0v) is 18.1. The van der Waals surface area contributed by atoms with Gasteiger partial charge in [0.05, 0.1) is 10.5 Å². The van der Waals surface area contributed by atoms with Crippen molar-refractivity contribution in [1.82, 2.24) is 4.90 Å². The van der Waals surface area contributed by atoms with Gasteiger partial charge in [-0.05, 0) is 36.3 Å². The maximum atomic E-state index is 12.6. The summed E-state index contributed by atoms with van der Waals surface area (Å²) < 4.78 is 0.471. The van der Waals surface area contributed by atoms with Crippen LogP contribution in [0, 0.1) is 0 Å². The van der Waals surface area contributed by atoms with E-state index in [9.17, 15) is 14.4 Å². The summed E-state index contributed by atoms with van der Waals surface area (Å²) in [6, 6.07) is 15.8. The summed E-state index contributed by atoms with van der Waals surface area (Å²) in [5, 5.41) is 11.7. The number of allylic oxidation sites excluding steroid dienone is 2. The largest absolute Gasteiger partial charge is 0.478 e. The van der Waals surface area contributed by atoms with Crippen LogP contribution in [0.15, 0.2) is 71.7 Å². The number of amides is 2. The van der Waals surface area contributed by atoms with E-state index >= 15 is 0 Å². The van der Waals surface area contributed by atoms with Crippen LogP contribution in [-0.2, 0) is 9.59 Å². The Balaban J connectivity index is 1.49. The second-order valence-corrected chi connectivity index (χ2v) is 8.34. The molecule has 0 unspecified atom stereocenters. The smallest absolute Gasteiger partial charge is 0.335 e. The number of carbonyl (C=O) groups is 3. The molecule has 1 saturated heterocycles. The molecule has 8 heteroatoms. The van der Waals surface area contributed by atoms with Gasteiger partial charge in [-0.25, -0.2) is 4.79 Å². The zero-order valence-electron chi connectivity index (χ0n) is 16.5. The van der Waals surface area contributed by atoms with E-state index in [-0.39, 0.29) is 23.8 Å². The van der Waals surface area contributed by atoms with Gasteiger partial charge in [0.2, 0.25) is 5.91 Å². The SMILES string of the molecule is O=C(CCCN1C(=O)/C(=C/C=C/c2ccccc2)SC1=S)Nc1cccc(C(=O)O)c1. The van der Waals surface area contributed by atoms with E-state index in [0.717, 1.165) is 5.56 Å². The first-order chi connectivity index (χ1) is 14.9. The Labute approximate surface area is 189 Å². The molecule has 158 valence electrons. The summed E-state index contributed by atoms with van der Waals surface area (Å²) >= 11 is 6.55. The van der Waals surface area contributed by atoms with Crippen molar-refractivity contribution >= 4 is 57.8 Å². The second kappa shape index (κ2) is 10.7. The maximum Gasteiger partial charge on any atom is 0.335 e. The van der Waals surface area contributed by atoms with Gasteiger partial charge in [-0.3, -0.25) is 14.5 Å². The first kappa shape index (κ1) is 22.5. The Morgan fingerprint density at radius 1 is 1.13 bits per heavy atom. The number of carboxylic acids is 1. The molecule has 0 atom stereocenters. The number of anilines is 1. The maximum absolute atomic E-state index is 12.6. The number of benzene rings is 2. The molecule has 1 fully saturated rings. The lowest BCUT2D eigenvalue weighted by Gasteiger charge is -2.14. The van der Waals surface area contributed by atoms with Crippen LogP contribution >= 0.6 is 24.0 Å². The molecule has 6 nitrogen and oxygen atoms in total. The first-order valence-corrected chi connectivity index (χ1v) is 10.8. The molecule has 3 rings (SSSR count). The standard InChI is InChI=1S/C23H20N2O4S2/c26-20(24-18-11-5-10-17(15-18)22(28)29)13-6-14-25-21(27)19(31-23(25)30)12-4-9-16-7-2-1-3-8-16/h1-5,7-12,15H,6,13-14H2,(H,24,26)(H,28,29)/b9-4+,19-12-. The minimum absolute atomic E-state index is 0.100. The molecule has 2 aromatic rings. The zero-order chi connectivity index (χ0) is 22.2. The highest BCUT2D eigenvalue weighted by molar-refractivity contribution is 8.26. The number of thioether (sulfide) groups is 1. The van der Waals surface area contributed by atoms with E-state index in [0.29, 0.717) is 27.9 Å². The van der Waals surface area contributed by atoms with E-state index in [1.54, 1.807) is 18.2 Å². The topological polar surface area (TPSA) is 86.7 Å². The number of hydrogen-bond acceptors (Lipinski definition) is 5. The van der Waals surface area contributed by atoms with Crippen molar-refractivity contribution in [3.63, 3.8) is 0 Å². The van der Waals surface area contributed by atoms with Gasteiger partial charge in [-0.1, -0.05) is 72.5 Å². The van der Waals surface area contributed by atoms with Crippen LogP contribution in [0.5, 0.6) is 0 Å². The third-order valence-corrected chi connectivity index (χ3v) is 5.78. The quantitative estimate of drug-likeness (QED) is 0.451. The van der Waals surface area contributed by atoms with Crippen molar-refractivity contribution < 1.29 is 19.5 Å². The molecule has 2 aromatic carbocycles. The fourth-order valence-electron chi connectivity index (χ4n) is 2.87. The fourth-order valence-corrected chi connectivity index (χ4v) is 4.13. The highest BCUT2D eigenvalue weighted by atomic mass is 32.2. The lowest BCUT2D eigenvalue weighted by atomic mass is 10.2. The van der Waals surface area contributed by atoms with Crippen LogP contribution in [0.4, 0.5) is 5.69 Å². The molecule has 1 aliphatic rings. The normalized spacial score (nSPS) is 15.1. The van der Waals surface area contributed by atoms with E-state index in [1.807, 2.05) is 42.5 Å². The molecule has 0 saturated carbocycles. The number of carbonyl (C=O) groups excluding carboxylic acids is 2. The van der Waals surface area contributed by atoms with Crippen LogP contribution < -0.4 is 5.32 Å². The summed E-state index contributed by atoms with van der Waals surface area (Å²) in [5.41, 5.74) is 1.56. The van der Waals surface area contributed by atoms with Crippen molar-refractivity contribution in [2.75, 3.05) is 11.9 Å². The van der Waals surface area contributed by atoms with Gasteiger partial charge in [0.15, 0.2) is 0 Å². The average Bonchev–Trinajstić information content (AvgIpc) is 3.02. The average molecular weight is 453 g/mol. The van der Waals surface area contributed by atoms with Crippen molar-refractivity contribution in [1.29, 1.82) is 0 Å². The highest BCUT2D eigenvalue weighted by Crippen LogP contribution is 2.31. The Bertz CT molecular complexity index is 1060. The van der Waals surface area contributed by atoms with Gasteiger partial charge in [-0.15, -0.1) is 0 Å². The van der Waals surface area contributed by atoms with Gasteiger partial charge < -0.3 is 10.4 Å². The number of carboxylic acid groups (broad SMARTS) is 1. The summed E-state index contributed by atoms with van der Waals surface area (Å²) in [4.78, 5) is 37.8. The molecule has 0 bridgehead atoms. The molecule has 0 spiro atoms. The Morgan fingerprint density at radius 2 is 1.90 bits per heavy atom. The van der Waals surface area contributed by atoms with Crippen molar-refractivity contribution in [2.45, 2.75) is 12.8 Å². The molecule has 31 heavy (non-hydrogen) atoms. The molecule has 0 aliphatic carbocycles. The molecule has 0 aromatic heterocycles. The lowest BCUT2D eigenvalue weighted by Crippen LogP contribution is -2.29. The van der Waals surface area contributed by atoms with Gasteiger partial charge in [-0.2, -0.15) is 0 Å². The third kappa shape index (κ3) is 6.37. The lowest BCUT2D eigenvalue weighted by molar-refractivity contribution is -0.122. The summed E-state index contributed by atoms with van der Waals surface area (Å²) in [7, 11) is 0. The number of thiocarbonyl (C=S) groups is 1. The Kier molecular flexibility index (Phi) is 7.75. The predicted octanol–water partition coefficient (Wildman–Crippen LogP) is 4.56. The first-order valence-electron chi connectivity index (χ1n) is 9.54. The third-order valence-electron chi connectivity index (χ3n) is 4.39. The number of aromatic carboxylic acids is 1. The van der Waals surface area contributed by atoms with Gasteiger partial charge in [0, 0.05) is 18.7 Å². The van der Waals surface area contributed by atoms with Crippen molar-refractivity contribution in [2.24, 2.45) is 0 Å². The van der Waals surface area contributed by atoms with Crippen molar-refractivity contribution in [3.05, 3.63) is 82.8 Å². The Hall–Kier alpha value is -3.23. The molecular formula is C23H20N2O4S2. The van der Waals surface area contributed by atoms with Crippen LogP contribution in [0.2, 0.25) is 0 Å². The summed E-state index contributed by atoms with van der Waals surface area (Å²) in [5.74, 6) is -1.48. The summed E-state index contributed by atoms with van der Waals surface area (Å²) in [6.45, 7) is 0.340. The molecule has 0 radical (unpaired) electrons. The van der Waals surface area contributed by atoms with E-state index in [1.165, 1.54) is 28.8 Å². The minimum Gasteiger partial charge on any atom is -0.478 e. The summed E-state index contributed by atoms with van der Waals surface area (Å²) in [6.07, 6.45) is 6.09. The van der Waals surface area contributed by atoms with Crippen LogP contribution in [0.3, 0.4) is 0 Å².